The molecule has 4 N–H and O–H groups in total. The lowest BCUT2D eigenvalue weighted by atomic mass is 10.1. The van der Waals surface area contributed by atoms with Crippen molar-refractivity contribution in [3.05, 3.63) is 11.3 Å². The van der Waals surface area contributed by atoms with Crippen LogP contribution in [0.2, 0.25) is 0 Å². The molecule has 0 fully saturated rings. The van der Waals surface area contributed by atoms with Crippen LogP contribution in [0.25, 0.3) is 0 Å². The van der Waals surface area contributed by atoms with Crippen molar-refractivity contribution in [3.8, 4) is 0 Å². The van der Waals surface area contributed by atoms with Gasteiger partial charge < -0.3 is 15.8 Å². The van der Waals surface area contributed by atoms with Crippen LogP contribution in [-0.2, 0) is 9.53 Å². The third-order valence-corrected chi connectivity index (χ3v) is 2.69. The normalized spacial score (nSPS) is 12.3. The van der Waals surface area contributed by atoms with Crippen molar-refractivity contribution in [1.29, 1.82) is 0 Å². The predicted octanol–water partition coefficient (Wildman–Crippen LogP) is 0.817. The van der Waals surface area contributed by atoms with E-state index in [-0.39, 0.29) is 29.8 Å². The first-order chi connectivity index (χ1) is 8.88. The second-order valence-corrected chi connectivity index (χ2v) is 4.55. The first-order valence-electron chi connectivity index (χ1n) is 6.17. The molecule has 0 aliphatic carbocycles. The highest BCUT2D eigenvalue weighted by Crippen LogP contribution is 2.17. The van der Waals surface area contributed by atoms with Gasteiger partial charge in [0.2, 0.25) is 5.91 Å². The third kappa shape index (κ3) is 3.54. The molecule has 0 saturated heterocycles. The summed E-state index contributed by atoms with van der Waals surface area (Å²) in [5.74, 6) is -0.766. The number of ether oxygens (including phenoxy) is 1. The number of hydrogen-bond donors (Lipinski definition) is 3. The molecular formula is C12H20N4O3. The number of hydrogen-bond acceptors (Lipinski definition) is 5. The summed E-state index contributed by atoms with van der Waals surface area (Å²) in [6, 6.07) is -0.660. The summed E-state index contributed by atoms with van der Waals surface area (Å²) in [5, 5.41) is 9.08. The van der Waals surface area contributed by atoms with Gasteiger partial charge in [0.1, 0.15) is 5.56 Å². The Hall–Kier alpha value is -1.89. The predicted molar refractivity (Wildman–Crippen MR) is 70.7 cm³/mol. The Labute approximate surface area is 111 Å². The SMILES string of the molecule is CCOC(=O)c1c(NC(=O)C(N)C(C)C)n[nH]c1C. The standard InChI is InChI=1S/C12H20N4O3/c1-5-19-12(18)8-7(4)15-16-10(8)14-11(17)9(13)6(2)3/h6,9H,5,13H2,1-4H3,(H2,14,15,16,17). The smallest absolute Gasteiger partial charge is 0.343 e. The van der Waals surface area contributed by atoms with E-state index in [4.69, 9.17) is 10.5 Å². The Morgan fingerprint density at radius 1 is 1.47 bits per heavy atom. The molecule has 0 aliphatic rings. The average Bonchev–Trinajstić information content (AvgIpc) is 2.69. The minimum atomic E-state index is -0.660. The topological polar surface area (TPSA) is 110 Å². The molecule has 1 atom stereocenters. The number of aromatic nitrogens is 2. The van der Waals surface area contributed by atoms with Gasteiger partial charge in [-0.2, -0.15) is 5.10 Å². The van der Waals surface area contributed by atoms with Crippen molar-refractivity contribution in [2.24, 2.45) is 11.7 Å². The highest BCUT2D eigenvalue weighted by atomic mass is 16.5. The zero-order valence-electron chi connectivity index (χ0n) is 11.6. The summed E-state index contributed by atoms with van der Waals surface area (Å²) in [4.78, 5) is 23.6. The minimum Gasteiger partial charge on any atom is -0.462 e. The van der Waals surface area contributed by atoms with Crippen molar-refractivity contribution < 1.29 is 14.3 Å². The zero-order valence-corrected chi connectivity index (χ0v) is 11.6. The largest absolute Gasteiger partial charge is 0.462 e. The molecule has 1 heterocycles. The van der Waals surface area contributed by atoms with Gasteiger partial charge in [-0.3, -0.25) is 9.89 Å². The lowest BCUT2D eigenvalue weighted by molar-refractivity contribution is -0.118. The highest BCUT2D eigenvalue weighted by Gasteiger charge is 2.24. The van der Waals surface area contributed by atoms with E-state index in [1.54, 1.807) is 13.8 Å². The number of aromatic amines is 1. The molecular weight excluding hydrogens is 248 g/mol. The van der Waals surface area contributed by atoms with E-state index in [9.17, 15) is 9.59 Å². The molecule has 0 spiro atoms. The summed E-state index contributed by atoms with van der Waals surface area (Å²) in [7, 11) is 0. The Kier molecular flexibility index (Phi) is 5.05. The average molecular weight is 268 g/mol. The number of nitrogens with one attached hydrogen (secondary N) is 2. The van der Waals surface area contributed by atoms with E-state index in [0.29, 0.717) is 5.69 Å². The molecule has 0 aromatic carbocycles. The van der Waals surface area contributed by atoms with Gasteiger partial charge >= 0.3 is 5.97 Å². The fourth-order valence-corrected chi connectivity index (χ4v) is 1.48. The van der Waals surface area contributed by atoms with Crippen molar-refractivity contribution in [1.82, 2.24) is 10.2 Å². The van der Waals surface area contributed by atoms with Crippen LogP contribution in [0.1, 0.15) is 36.8 Å². The molecule has 0 saturated carbocycles. The van der Waals surface area contributed by atoms with Crippen LogP contribution in [-0.4, -0.2) is 34.7 Å². The van der Waals surface area contributed by atoms with E-state index in [1.807, 2.05) is 13.8 Å². The summed E-state index contributed by atoms with van der Waals surface area (Å²) < 4.78 is 4.92. The third-order valence-electron chi connectivity index (χ3n) is 2.69. The molecule has 7 heteroatoms. The van der Waals surface area contributed by atoms with Crippen LogP contribution in [0, 0.1) is 12.8 Å². The number of anilines is 1. The number of rotatable bonds is 5. The van der Waals surface area contributed by atoms with Crippen LogP contribution >= 0.6 is 0 Å². The van der Waals surface area contributed by atoms with Crippen LogP contribution in [0.3, 0.4) is 0 Å². The second-order valence-electron chi connectivity index (χ2n) is 4.55. The van der Waals surface area contributed by atoms with Crippen LogP contribution < -0.4 is 11.1 Å². The van der Waals surface area contributed by atoms with Gasteiger partial charge in [0.25, 0.3) is 0 Å². The molecule has 1 rings (SSSR count). The van der Waals surface area contributed by atoms with E-state index in [2.05, 4.69) is 15.5 Å². The van der Waals surface area contributed by atoms with Gasteiger partial charge in [-0.1, -0.05) is 13.8 Å². The summed E-state index contributed by atoms with van der Waals surface area (Å²) in [6.45, 7) is 7.32. The van der Waals surface area contributed by atoms with Gasteiger partial charge in [-0.15, -0.1) is 0 Å². The van der Waals surface area contributed by atoms with Crippen LogP contribution in [0.15, 0.2) is 0 Å². The molecule has 0 radical (unpaired) electrons. The molecule has 1 amide bonds. The number of H-pyrrole nitrogens is 1. The maximum absolute atomic E-state index is 11.9. The fraction of sp³-hybridized carbons (Fsp3) is 0.583. The van der Waals surface area contributed by atoms with Gasteiger partial charge in [-0.05, 0) is 19.8 Å². The van der Waals surface area contributed by atoms with Crippen molar-refractivity contribution in [3.63, 3.8) is 0 Å². The van der Waals surface area contributed by atoms with Crippen molar-refractivity contribution in [2.75, 3.05) is 11.9 Å². The number of esters is 1. The van der Waals surface area contributed by atoms with E-state index < -0.39 is 12.0 Å². The van der Waals surface area contributed by atoms with Gasteiger partial charge in [-0.25, -0.2) is 4.79 Å². The van der Waals surface area contributed by atoms with E-state index >= 15 is 0 Å². The molecule has 1 aromatic rings. The van der Waals surface area contributed by atoms with Gasteiger partial charge in [0.15, 0.2) is 5.82 Å². The Morgan fingerprint density at radius 2 is 2.11 bits per heavy atom. The Morgan fingerprint density at radius 3 is 2.63 bits per heavy atom. The Balaban J connectivity index is 2.91. The molecule has 0 aliphatic heterocycles. The number of nitrogens with zero attached hydrogens (tertiary/aromatic N) is 1. The number of carbonyl (C=O) groups is 2. The van der Waals surface area contributed by atoms with Crippen molar-refractivity contribution in [2.45, 2.75) is 33.7 Å². The summed E-state index contributed by atoms with van der Waals surface area (Å²) >= 11 is 0. The summed E-state index contributed by atoms with van der Waals surface area (Å²) in [6.07, 6.45) is 0. The maximum Gasteiger partial charge on any atom is 0.343 e. The van der Waals surface area contributed by atoms with E-state index in [1.165, 1.54) is 0 Å². The first-order valence-corrected chi connectivity index (χ1v) is 6.17. The molecule has 1 unspecified atom stereocenters. The van der Waals surface area contributed by atoms with Crippen LogP contribution in [0.5, 0.6) is 0 Å². The van der Waals surface area contributed by atoms with E-state index in [0.717, 1.165) is 0 Å². The number of carbonyl (C=O) groups excluding carboxylic acids is 2. The fourth-order valence-electron chi connectivity index (χ4n) is 1.48. The monoisotopic (exact) mass is 268 g/mol. The number of amides is 1. The Bertz CT molecular complexity index is 468. The lowest BCUT2D eigenvalue weighted by Gasteiger charge is -2.14. The molecule has 1 aromatic heterocycles. The van der Waals surface area contributed by atoms with Gasteiger partial charge in [0.05, 0.1) is 12.6 Å². The molecule has 106 valence electrons. The maximum atomic E-state index is 11.9. The minimum absolute atomic E-state index is 0.00826. The molecule has 0 bridgehead atoms. The second kappa shape index (κ2) is 6.33. The number of nitrogens with two attached hydrogens (primary N) is 1. The molecule has 7 nitrogen and oxygen atoms in total. The van der Waals surface area contributed by atoms with Crippen molar-refractivity contribution >= 4 is 17.7 Å². The van der Waals surface area contributed by atoms with Crippen LogP contribution in [0.4, 0.5) is 5.82 Å². The highest BCUT2D eigenvalue weighted by molar-refractivity contribution is 6.02. The lowest BCUT2D eigenvalue weighted by Crippen LogP contribution is -2.40. The van der Waals surface area contributed by atoms with Gasteiger partial charge in [0, 0.05) is 5.69 Å². The quantitative estimate of drug-likeness (QED) is 0.685. The zero-order chi connectivity index (χ0) is 14.6. The summed E-state index contributed by atoms with van der Waals surface area (Å²) in [5.41, 5.74) is 6.50. The number of aryl methyl sites for hydroxylation is 1. The first kappa shape index (κ1) is 15.2. The molecule has 19 heavy (non-hydrogen) atoms.